The first-order valence-corrected chi connectivity index (χ1v) is 6.73. The van der Waals surface area contributed by atoms with E-state index in [1.807, 2.05) is 0 Å². The number of aliphatic hydroxyl groups excluding tert-OH is 1. The van der Waals surface area contributed by atoms with Gasteiger partial charge in [-0.3, -0.25) is 4.99 Å². The lowest BCUT2D eigenvalue weighted by molar-refractivity contribution is 0.137. The second kappa shape index (κ2) is 4.84. The van der Waals surface area contributed by atoms with Crippen molar-refractivity contribution in [2.24, 2.45) is 10.4 Å². The Kier molecular flexibility index (Phi) is 3.61. The topological polar surface area (TPSA) is 56.7 Å². The standard InChI is InChI=1S/C13H25N3O/c1-12(2)8-14-11(15-9-12)16-13(10-17)6-4-3-5-7-13/h17H,3-10H2,1-2H3,(H2,14,15,16). The number of guanidine groups is 1. The molecule has 0 atom stereocenters. The van der Waals surface area contributed by atoms with Crippen LogP contribution in [0.4, 0.5) is 0 Å². The zero-order valence-corrected chi connectivity index (χ0v) is 11.1. The molecule has 2 aliphatic rings. The van der Waals surface area contributed by atoms with Crippen LogP contribution in [0.25, 0.3) is 0 Å². The minimum Gasteiger partial charge on any atom is -0.394 e. The van der Waals surface area contributed by atoms with Crippen LogP contribution in [0.3, 0.4) is 0 Å². The van der Waals surface area contributed by atoms with Crippen LogP contribution in [0.1, 0.15) is 46.0 Å². The summed E-state index contributed by atoms with van der Waals surface area (Å²) in [6.45, 7) is 6.42. The average molecular weight is 239 g/mol. The minimum absolute atomic E-state index is 0.133. The smallest absolute Gasteiger partial charge is 0.191 e. The van der Waals surface area contributed by atoms with E-state index >= 15 is 0 Å². The van der Waals surface area contributed by atoms with E-state index in [1.54, 1.807) is 0 Å². The first-order chi connectivity index (χ1) is 8.05. The number of aliphatic hydroxyl groups is 1. The van der Waals surface area contributed by atoms with Crippen LogP contribution in [-0.2, 0) is 0 Å². The number of aliphatic imine (C=N–C) groups is 1. The van der Waals surface area contributed by atoms with Crippen LogP contribution in [0.5, 0.6) is 0 Å². The van der Waals surface area contributed by atoms with Crippen molar-refractivity contribution in [2.45, 2.75) is 51.5 Å². The Morgan fingerprint density at radius 2 is 2.00 bits per heavy atom. The van der Waals surface area contributed by atoms with E-state index in [1.165, 1.54) is 19.3 Å². The van der Waals surface area contributed by atoms with Crippen LogP contribution in [0.15, 0.2) is 4.99 Å². The van der Waals surface area contributed by atoms with E-state index in [9.17, 15) is 5.11 Å². The molecule has 0 spiro atoms. The third-order valence-corrected chi connectivity index (χ3v) is 3.90. The molecule has 2 rings (SSSR count). The van der Waals surface area contributed by atoms with Crippen molar-refractivity contribution >= 4 is 5.96 Å². The number of nitrogens with one attached hydrogen (secondary N) is 2. The second-order valence-corrected chi connectivity index (χ2v) is 6.31. The maximum absolute atomic E-state index is 9.63. The fraction of sp³-hybridized carbons (Fsp3) is 0.923. The molecular formula is C13H25N3O. The van der Waals surface area contributed by atoms with Crippen LogP contribution in [0.2, 0.25) is 0 Å². The molecule has 1 fully saturated rings. The summed E-state index contributed by atoms with van der Waals surface area (Å²) >= 11 is 0. The normalized spacial score (nSPS) is 26.9. The van der Waals surface area contributed by atoms with E-state index in [2.05, 4.69) is 29.5 Å². The summed E-state index contributed by atoms with van der Waals surface area (Å²) in [5, 5.41) is 16.4. The lowest BCUT2D eigenvalue weighted by Gasteiger charge is -2.39. The molecule has 4 heteroatoms. The van der Waals surface area contributed by atoms with Gasteiger partial charge in [0.15, 0.2) is 5.96 Å². The molecular weight excluding hydrogens is 214 g/mol. The number of hydrogen-bond donors (Lipinski definition) is 3. The molecule has 0 aromatic heterocycles. The summed E-state index contributed by atoms with van der Waals surface area (Å²) in [7, 11) is 0. The molecule has 1 aliphatic carbocycles. The Bertz CT molecular complexity index is 293. The van der Waals surface area contributed by atoms with Gasteiger partial charge in [-0.1, -0.05) is 33.1 Å². The van der Waals surface area contributed by atoms with Crippen molar-refractivity contribution in [3.05, 3.63) is 0 Å². The summed E-state index contributed by atoms with van der Waals surface area (Å²) < 4.78 is 0. The molecule has 0 amide bonds. The molecule has 1 saturated carbocycles. The van der Waals surface area contributed by atoms with Crippen molar-refractivity contribution in [1.29, 1.82) is 0 Å². The number of nitrogens with zero attached hydrogens (tertiary/aromatic N) is 1. The highest BCUT2D eigenvalue weighted by molar-refractivity contribution is 5.81. The highest BCUT2D eigenvalue weighted by Gasteiger charge is 2.33. The molecule has 3 N–H and O–H groups in total. The maximum atomic E-state index is 9.63. The quantitative estimate of drug-likeness (QED) is 0.680. The highest BCUT2D eigenvalue weighted by atomic mass is 16.3. The molecule has 4 nitrogen and oxygen atoms in total. The zero-order chi connectivity index (χ0) is 12.4. The van der Waals surface area contributed by atoms with Gasteiger partial charge in [-0.05, 0) is 12.8 Å². The van der Waals surface area contributed by atoms with Crippen molar-refractivity contribution in [1.82, 2.24) is 10.6 Å². The van der Waals surface area contributed by atoms with E-state index in [4.69, 9.17) is 0 Å². The monoisotopic (exact) mass is 239 g/mol. The lowest BCUT2D eigenvalue weighted by atomic mass is 9.82. The second-order valence-electron chi connectivity index (χ2n) is 6.31. The van der Waals surface area contributed by atoms with Gasteiger partial charge in [-0.15, -0.1) is 0 Å². The van der Waals surface area contributed by atoms with Crippen LogP contribution >= 0.6 is 0 Å². The first-order valence-electron chi connectivity index (χ1n) is 6.73. The Hall–Kier alpha value is -0.770. The molecule has 98 valence electrons. The first kappa shape index (κ1) is 12.7. The molecule has 0 radical (unpaired) electrons. The highest BCUT2D eigenvalue weighted by Crippen LogP contribution is 2.28. The minimum atomic E-state index is -0.133. The van der Waals surface area contributed by atoms with Crippen molar-refractivity contribution < 1.29 is 5.11 Å². The maximum Gasteiger partial charge on any atom is 0.191 e. The van der Waals surface area contributed by atoms with E-state index in [0.717, 1.165) is 31.9 Å². The third kappa shape index (κ3) is 3.12. The Labute approximate surface area is 104 Å². The molecule has 1 heterocycles. The van der Waals surface area contributed by atoms with Crippen molar-refractivity contribution in [2.75, 3.05) is 19.7 Å². The van der Waals surface area contributed by atoms with Crippen molar-refractivity contribution in [3.63, 3.8) is 0 Å². The zero-order valence-electron chi connectivity index (χ0n) is 11.1. The van der Waals surface area contributed by atoms with Gasteiger partial charge < -0.3 is 15.7 Å². The van der Waals surface area contributed by atoms with Gasteiger partial charge in [0.05, 0.1) is 12.1 Å². The fourth-order valence-electron chi connectivity index (χ4n) is 2.61. The predicted molar refractivity (Wildman–Crippen MR) is 70.1 cm³/mol. The summed E-state index contributed by atoms with van der Waals surface area (Å²) in [4.78, 5) is 4.55. The Morgan fingerprint density at radius 1 is 1.29 bits per heavy atom. The largest absolute Gasteiger partial charge is 0.394 e. The summed E-state index contributed by atoms with van der Waals surface area (Å²) in [6.07, 6.45) is 5.79. The van der Waals surface area contributed by atoms with Gasteiger partial charge in [0.25, 0.3) is 0 Å². The third-order valence-electron chi connectivity index (χ3n) is 3.90. The van der Waals surface area contributed by atoms with E-state index in [-0.39, 0.29) is 17.6 Å². The van der Waals surface area contributed by atoms with Gasteiger partial charge >= 0.3 is 0 Å². The molecule has 0 aromatic carbocycles. The summed E-state index contributed by atoms with van der Waals surface area (Å²) in [6, 6.07) is 0. The van der Waals surface area contributed by atoms with E-state index < -0.39 is 0 Å². The molecule has 1 aliphatic heterocycles. The predicted octanol–water partition coefficient (Wildman–Crippen LogP) is 1.26. The van der Waals surface area contributed by atoms with Gasteiger partial charge in [-0.2, -0.15) is 0 Å². The lowest BCUT2D eigenvalue weighted by Crippen LogP contribution is -2.58. The summed E-state index contributed by atoms with van der Waals surface area (Å²) in [5.74, 6) is 0.875. The average Bonchev–Trinajstić information content (AvgIpc) is 2.33. The SMILES string of the molecule is CC1(C)CN=C(NC2(CO)CCCCC2)NC1. The van der Waals surface area contributed by atoms with Gasteiger partial charge in [0, 0.05) is 18.5 Å². The fourth-order valence-corrected chi connectivity index (χ4v) is 2.61. The van der Waals surface area contributed by atoms with Crippen LogP contribution < -0.4 is 10.6 Å². The van der Waals surface area contributed by atoms with Crippen molar-refractivity contribution in [3.8, 4) is 0 Å². The van der Waals surface area contributed by atoms with Gasteiger partial charge in [0.1, 0.15) is 0 Å². The molecule has 0 unspecified atom stereocenters. The van der Waals surface area contributed by atoms with Gasteiger partial charge in [-0.25, -0.2) is 0 Å². The molecule has 0 aromatic rings. The molecule has 0 bridgehead atoms. The van der Waals surface area contributed by atoms with E-state index in [0.29, 0.717) is 0 Å². The number of rotatable bonds is 2. The van der Waals surface area contributed by atoms with Crippen LogP contribution in [-0.4, -0.2) is 36.3 Å². The van der Waals surface area contributed by atoms with Crippen LogP contribution in [0, 0.1) is 5.41 Å². The molecule has 0 saturated heterocycles. The Morgan fingerprint density at radius 3 is 2.53 bits per heavy atom. The summed E-state index contributed by atoms with van der Waals surface area (Å²) in [5.41, 5.74) is 0.107. The Balaban J connectivity index is 1.97. The van der Waals surface area contributed by atoms with Gasteiger partial charge in [0.2, 0.25) is 0 Å². The number of hydrogen-bond acceptors (Lipinski definition) is 4. The molecule has 17 heavy (non-hydrogen) atoms.